The Morgan fingerprint density at radius 2 is 1.81 bits per heavy atom. The molecule has 2 aromatic heterocycles. The van der Waals surface area contributed by atoms with Crippen LogP contribution >= 0.6 is 11.8 Å². The zero-order valence-electron chi connectivity index (χ0n) is 14.9. The van der Waals surface area contributed by atoms with Gasteiger partial charge in [-0.1, -0.05) is 56.3 Å². The number of rotatable bonds is 5. The van der Waals surface area contributed by atoms with Crippen molar-refractivity contribution in [2.24, 2.45) is 0 Å². The lowest BCUT2D eigenvalue weighted by molar-refractivity contribution is 0.912. The number of benzene rings is 2. The van der Waals surface area contributed by atoms with Gasteiger partial charge in [-0.2, -0.15) is 0 Å². The first-order chi connectivity index (χ1) is 12.7. The molecule has 0 amide bonds. The Bertz CT molecular complexity index is 995. The number of nitrogens with one attached hydrogen (secondary N) is 1. The summed E-state index contributed by atoms with van der Waals surface area (Å²) < 4.78 is 0. The van der Waals surface area contributed by atoms with Crippen LogP contribution in [0.3, 0.4) is 0 Å². The van der Waals surface area contributed by atoms with Crippen LogP contribution in [0.15, 0.2) is 78.2 Å². The van der Waals surface area contributed by atoms with Crippen LogP contribution in [-0.4, -0.2) is 20.2 Å². The second-order valence-electron chi connectivity index (χ2n) is 6.57. The average Bonchev–Trinajstić information content (AvgIpc) is 3.18. The number of hydrogen-bond acceptors (Lipinski definition) is 3. The molecule has 3 nitrogen and oxygen atoms in total. The predicted molar refractivity (Wildman–Crippen MR) is 109 cm³/mol. The quantitative estimate of drug-likeness (QED) is 0.469. The molecule has 1 atom stereocenters. The molecule has 130 valence electrons. The van der Waals surface area contributed by atoms with Gasteiger partial charge in [-0.15, -0.1) is 11.8 Å². The first-order valence-corrected chi connectivity index (χ1v) is 9.69. The molecule has 1 unspecified atom stereocenters. The highest BCUT2D eigenvalue weighted by Gasteiger charge is 2.24. The summed E-state index contributed by atoms with van der Waals surface area (Å²) in [5, 5.41) is 1.66. The maximum atomic E-state index is 4.76. The van der Waals surface area contributed by atoms with Crippen molar-refractivity contribution in [1.29, 1.82) is 0 Å². The van der Waals surface area contributed by atoms with Crippen molar-refractivity contribution in [2.45, 2.75) is 29.9 Å². The van der Waals surface area contributed by atoms with E-state index < -0.39 is 0 Å². The number of aromatic nitrogens is 3. The van der Waals surface area contributed by atoms with Gasteiger partial charge in [0.25, 0.3) is 0 Å². The number of pyridine rings is 1. The van der Waals surface area contributed by atoms with Gasteiger partial charge in [0.1, 0.15) is 0 Å². The molecule has 0 saturated carbocycles. The third-order valence-corrected chi connectivity index (χ3v) is 5.47. The Morgan fingerprint density at radius 3 is 2.54 bits per heavy atom. The minimum absolute atomic E-state index is 0.0681. The van der Waals surface area contributed by atoms with Crippen molar-refractivity contribution in [3.05, 3.63) is 90.1 Å². The summed E-state index contributed by atoms with van der Waals surface area (Å²) in [7, 11) is 0. The van der Waals surface area contributed by atoms with Crippen LogP contribution in [-0.2, 0) is 0 Å². The van der Waals surface area contributed by atoms with E-state index in [9.17, 15) is 0 Å². The Morgan fingerprint density at radius 1 is 0.962 bits per heavy atom. The fraction of sp³-hybridized carbons (Fsp3) is 0.182. The maximum Gasteiger partial charge on any atom is 0.0922 e. The van der Waals surface area contributed by atoms with E-state index in [1.807, 2.05) is 30.2 Å². The van der Waals surface area contributed by atoms with Gasteiger partial charge in [0.15, 0.2) is 0 Å². The second-order valence-corrected chi connectivity index (χ2v) is 8.19. The van der Waals surface area contributed by atoms with Crippen LogP contribution in [0.1, 0.15) is 36.6 Å². The van der Waals surface area contributed by atoms with Crippen molar-refractivity contribution < 1.29 is 0 Å². The zero-order valence-corrected chi connectivity index (χ0v) is 15.7. The number of nitrogens with zero attached hydrogens (tertiary/aromatic N) is 2. The van der Waals surface area contributed by atoms with Crippen LogP contribution in [0.4, 0.5) is 0 Å². The highest BCUT2D eigenvalue weighted by molar-refractivity contribution is 8.00. The van der Waals surface area contributed by atoms with E-state index >= 15 is 0 Å². The molecule has 0 aliphatic heterocycles. The molecular weight excluding hydrogens is 338 g/mol. The minimum atomic E-state index is 0.0681. The fourth-order valence-electron chi connectivity index (χ4n) is 3.36. The molecule has 0 aliphatic rings. The number of aromatic amines is 1. The molecule has 4 aromatic rings. The molecule has 4 heteroatoms. The summed E-state index contributed by atoms with van der Waals surface area (Å²) in [5.74, 6) is 0.0681. The monoisotopic (exact) mass is 359 g/mol. The van der Waals surface area contributed by atoms with E-state index in [4.69, 9.17) is 4.98 Å². The molecule has 2 aromatic carbocycles. The summed E-state index contributed by atoms with van der Waals surface area (Å²) in [6.07, 6.45) is 5.55. The molecular formula is C22H21N3S. The Hall–Kier alpha value is -2.59. The molecule has 0 spiro atoms. The van der Waals surface area contributed by atoms with Gasteiger partial charge in [-0.05, 0) is 17.7 Å². The smallest absolute Gasteiger partial charge is 0.0922 e. The SMILES string of the molecule is CC(C)Sc1ccc2cccnc2c1C(c1ccccc1)c1cnc[nH]1. The molecule has 26 heavy (non-hydrogen) atoms. The van der Waals surface area contributed by atoms with Gasteiger partial charge >= 0.3 is 0 Å². The standard InChI is InChI=1S/C22H21N3S/c1-15(2)26-19-11-10-17-9-6-12-24-22(17)21(19)20(18-13-23-14-25-18)16-7-4-3-5-8-16/h3-15,20H,1-2H3,(H,23,25). The first kappa shape index (κ1) is 16.9. The number of imidazole rings is 1. The van der Waals surface area contributed by atoms with Crippen LogP contribution < -0.4 is 0 Å². The predicted octanol–water partition coefficient (Wildman–Crippen LogP) is 5.64. The third kappa shape index (κ3) is 3.25. The van der Waals surface area contributed by atoms with Gasteiger partial charge in [0.05, 0.1) is 17.8 Å². The summed E-state index contributed by atoms with van der Waals surface area (Å²) >= 11 is 1.89. The normalized spacial score (nSPS) is 12.6. The first-order valence-electron chi connectivity index (χ1n) is 8.81. The van der Waals surface area contributed by atoms with Gasteiger partial charge in [-0.3, -0.25) is 4.98 Å². The van der Waals surface area contributed by atoms with Crippen molar-refractivity contribution in [3.8, 4) is 0 Å². The zero-order chi connectivity index (χ0) is 17.9. The number of hydrogen-bond donors (Lipinski definition) is 1. The molecule has 0 bridgehead atoms. The summed E-state index contributed by atoms with van der Waals surface area (Å²) in [4.78, 5) is 13.6. The molecule has 4 rings (SSSR count). The molecule has 0 saturated heterocycles. The number of H-pyrrole nitrogens is 1. The van der Waals surface area contributed by atoms with Crippen molar-refractivity contribution >= 4 is 22.7 Å². The molecule has 0 radical (unpaired) electrons. The van der Waals surface area contributed by atoms with Gasteiger partial charge in [0, 0.05) is 39.2 Å². The Balaban J connectivity index is 2.02. The highest BCUT2D eigenvalue weighted by Crippen LogP contribution is 2.41. The lowest BCUT2D eigenvalue weighted by Crippen LogP contribution is -2.08. The van der Waals surface area contributed by atoms with Crippen LogP contribution in [0.25, 0.3) is 10.9 Å². The lowest BCUT2D eigenvalue weighted by atomic mass is 9.87. The maximum absolute atomic E-state index is 4.76. The minimum Gasteiger partial charge on any atom is -0.348 e. The van der Waals surface area contributed by atoms with Crippen LogP contribution in [0.5, 0.6) is 0 Å². The van der Waals surface area contributed by atoms with Gasteiger partial charge < -0.3 is 4.98 Å². The molecule has 2 heterocycles. The van der Waals surface area contributed by atoms with E-state index in [2.05, 4.69) is 72.3 Å². The third-order valence-electron chi connectivity index (χ3n) is 4.39. The second kappa shape index (κ2) is 7.34. The summed E-state index contributed by atoms with van der Waals surface area (Å²) in [6.45, 7) is 4.45. The van der Waals surface area contributed by atoms with E-state index in [-0.39, 0.29) is 5.92 Å². The topological polar surface area (TPSA) is 41.6 Å². The van der Waals surface area contributed by atoms with Crippen molar-refractivity contribution in [2.75, 3.05) is 0 Å². The summed E-state index contributed by atoms with van der Waals surface area (Å²) in [5.41, 5.74) is 4.62. The Kier molecular flexibility index (Phi) is 4.76. The Labute approximate surface area is 157 Å². The van der Waals surface area contributed by atoms with Crippen molar-refractivity contribution in [3.63, 3.8) is 0 Å². The van der Waals surface area contributed by atoms with Crippen LogP contribution in [0, 0.1) is 0 Å². The van der Waals surface area contributed by atoms with Gasteiger partial charge in [0.2, 0.25) is 0 Å². The van der Waals surface area contributed by atoms with Gasteiger partial charge in [-0.25, -0.2) is 4.98 Å². The largest absolute Gasteiger partial charge is 0.348 e. The number of thioether (sulfide) groups is 1. The van der Waals surface area contributed by atoms with Crippen molar-refractivity contribution in [1.82, 2.24) is 15.0 Å². The number of fused-ring (bicyclic) bond motifs is 1. The lowest BCUT2D eigenvalue weighted by Gasteiger charge is -2.22. The summed E-state index contributed by atoms with van der Waals surface area (Å²) in [6, 6.07) is 19.1. The van der Waals surface area contributed by atoms with E-state index in [1.54, 1.807) is 6.33 Å². The van der Waals surface area contributed by atoms with E-state index in [1.165, 1.54) is 16.0 Å². The molecule has 0 aliphatic carbocycles. The highest BCUT2D eigenvalue weighted by atomic mass is 32.2. The molecule has 0 fully saturated rings. The van der Waals surface area contributed by atoms with Crippen LogP contribution in [0.2, 0.25) is 0 Å². The molecule has 1 N–H and O–H groups in total. The average molecular weight is 359 g/mol. The van der Waals surface area contributed by atoms with E-state index in [0.717, 1.165) is 16.6 Å². The fourth-order valence-corrected chi connectivity index (χ4v) is 4.35. The van der Waals surface area contributed by atoms with E-state index in [0.29, 0.717) is 5.25 Å².